The number of methoxy groups -OCH3 is 1. The summed E-state index contributed by atoms with van der Waals surface area (Å²) in [7, 11) is 1.32. The molecule has 0 aliphatic carbocycles. The van der Waals surface area contributed by atoms with E-state index in [1.807, 2.05) is 75.4 Å². The maximum absolute atomic E-state index is 13.7. The number of ether oxygens (including phenoxy) is 2. The van der Waals surface area contributed by atoms with Crippen molar-refractivity contribution in [2.75, 3.05) is 20.3 Å². The normalized spacial score (nSPS) is 11.5. The van der Waals surface area contributed by atoms with Gasteiger partial charge in [0.15, 0.2) is 6.61 Å². The lowest BCUT2D eigenvalue weighted by atomic mass is 10.0. The molecule has 0 aliphatic heterocycles. The Kier molecular flexibility index (Phi) is 10.4. The zero-order valence-corrected chi connectivity index (χ0v) is 22.8. The molecule has 0 saturated carbocycles. The van der Waals surface area contributed by atoms with Gasteiger partial charge in [-0.1, -0.05) is 74.0 Å². The highest BCUT2D eigenvalue weighted by Gasteiger charge is 2.31. The minimum absolute atomic E-state index is 0.0245. The standard InChI is InChI=1S/C30H35N3O6/c1-21(2)18-31-30(35)27(16-23-8-6-5-7-9-23)32(19-24-12-10-22(3)11-13-24)29(34)20-39-25-14-15-26(33(36)37)28(17-25)38-4/h5-15,17,21,27H,16,18-20H2,1-4H3,(H,31,35)/t27-/m1/s1. The van der Waals surface area contributed by atoms with Gasteiger partial charge in [-0.25, -0.2) is 0 Å². The number of nitrogens with one attached hydrogen (secondary N) is 1. The topological polar surface area (TPSA) is 111 Å². The second kappa shape index (κ2) is 13.9. The van der Waals surface area contributed by atoms with Gasteiger partial charge in [-0.05, 0) is 30.0 Å². The predicted octanol–water partition coefficient (Wildman–Crippen LogP) is 4.70. The van der Waals surface area contributed by atoms with Crippen molar-refractivity contribution in [3.8, 4) is 11.5 Å². The van der Waals surface area contributed by atoms with Crippen LogP contribution in [0.1, 0.15) is 30.5 Å². The molecule has 0 aromatic heterocycles. The van der Waals surface area contributed by atoms with Crippen molar-refractivity contribution in [1.82, 2.24) is 10.2 Å². The van der Waals surface area contributed by atoms with Gasteiger partial charge in [0.1, 0.15) is 11.8 Å². The molecular weight excluding hydrogens is 498 g/mol. The van der Waals surface area contributed by atoms with Crippen LogP contribution in [0.5, 0.6) is 11.5 Å². The van der Waals surface area contributed by atoms with Crippen LogP contribution in [0.2, 0.25) is 0 Å². The van der Waals surface area contributed by atoms with E-state index >= 15 is 0 Å². The summed E-state index contributed by atoms with van der Waals surface area (Å²) in [4.78, 5) is 39.3. The van der Waals surface area contributed by atoms with Gasteiger partial charge in [0.05, 0.1) is 12.0 Å². The van der Waals surface area contributed by atoms with Crippen LogP contribution in [-0.4, -0.2) is 47.9 Å². The molecular formula is C30H35N3O6. The summed E-state index contributed by atoms with van der Waals surface area (Å²) in [6, 6.07) is 20.6. The van der Waals surface area contributed by atoms with E-state index < -0.39 is 16.9 Å². The van der Waals surface area contributed by atoms with Gasteiger partial charge in [0.2, 0.25) is 11.7 Å². The molecule has 0 radical (unpaired) electrons. The zero-order valence-electron chi connectivity index (χ0n) is 22.8. The highest BCUT2D eigenvalue weighted by atomic mass is 16.6. The number of amides is 2. The van der Waals surface area contributed by atoms with E-state index in [0.29, 0.717) is 13.0 Å². The fourth-order valence-electron chi connectivity index (χ4n) is 3.99. The Bertz CT molecular complexity index is 1260. The van der Waals surface area contributed by atoms with Crippen LogP contribution in [0.25, 0.3) is 0 Å². The maximum atomic E-state index is 13.7. The van der Waals surface area contributed by atoms with Gasteiger partial charge in [-0.15, -0.1) is 0 Å². The van der Waals surface area contributed by atoms with Gasteiger partial charge in [0, 0.05) is 31.6 Å². The first-order valence-electron chi connectivity index (χ1n) is 12.8. The van der Waals surface area contributed by atoms with Crippen LogP contribution < -0.4 is 14.8 Å². The lowest BCUT2D eigenvalue weighted by Gasteiger charge is -2.31. The Morgan fingerprint density at radius 1 is 1.00 bits per heavy atom. The summed E-state index contributed by atoms with van der Waals surface area (Å²) in [6.07, 6.45) is 0.327. The Balaban J connectivity index is 1.90. The van der Waals surface area contributed by atoms with Crippen LogP contribution in [0.3, 0.4) is 0 Å². The average molecular weight is 534 g/mol. The summed E-state index contributed by atoms with van der Waals surface area (Å²) in [6.45, 7) is 6.32. The molecule has 3 aromatic rings. The molecule has 0 aliphatic rings. The Labute approximate surface area is 228 Å². The van der Waals surface area contributed by atoms with Crippen molar-refractivity contribution in [2.45, 2.75) is 39.8 Å². The molecule has 0 spiro atoms. The summed E-state index contributed by atoms with van der Waals surface area (Å²) in [5.41, 5.74) is 2.68. The number of nitro benzene ring substituents is 1. The van der Waals surface area contributed by atoms with E-state index in [0.717, 1.165) is 16.7 Å². The van der Waals surface area contributed by atoms with E-state index in [9.17, 15) is 19.7 Å². The number of hydrogen-bond donors (Lipinski definition) is 1. The van der Waals surface area contributed by atoms with E-state index in [1.165, 1.54) is 30.2 Å². The number of aryl methyl sites for hydroxylation is 1. The van der Waals surface area contributed by atoms with Crippen molar-refractivity contribution < 1.29 is 24.0 Å². The number of benzene rings is 3. The third-order valence-corrected chi connectivity index (χ3v) is 6.14. The van der Waals surface area contributed by atoms with E-state index in [-0.39, 0.29) is 42.2 Å². The molecule has 206 valence electrons. The number of hydrogen-bond acceptors (Lipinski definition) is 6. The number of carbonyl (C=O) groups is 2. The van der Waals surface area contributed by atoms with E-state index in [4.69, 9.17) is 9.47 Å². The second-order valence-electron chi connectivity index (χ2n) is 9.73. The van der Waals surface area contributed by atoms with Crippen molar-refractivity contribution in [3.63, 3.8) is 0 Å². The van der Waals surface area contributed by atoms with Gasteiger partial charge >= 0.3 is 5.69 Å². The fraction of sp³-hybridized carbons (Fsp3) is 0.333. The molecule has 0 fully saturated rings. The third-order valence-electron chi connectivity index (χ3n) is 6.14. The second-order valence-corrected chi connectivity index (χ2v) is 9.73. The van der Waals surface area contributed by atoms with Crippen molar-refractivity contribution >= 4 is 17.5 Å². The molecule has 3 rings (SSSR count). The molecule has 2 amide bonds. The molecule has 3 aromatic carbocycles. The molecule has 0 bridgehead atoms. The average Bonchev–Trinajstić information content (AvgIpc) is 2.93. The molecule has 0 unspecified atom stereocenters. The van der Waals surface area contributed by atoms with Crippen molar-refractivity contribution in [2.24, 2.45) is 5.92 Å². The lowest BCUT2D eigenvalue weighted by molar-refractivity contribution is -0.385. The smallest absolute Gasteiger partial charge is 0.311 e. The van der Waals surface area contributed by atoms with E-state index in [2.05, 4.69) is 5.32 Å². The Morgan fingerprint density at radius 2 is 1.69 bits per heavy atom. The highest BCUT2D eigenvalue weighted by Crippen LogP contribution is 2.30. The van der Waals surface area contributed by atoms with Gasteiger partial charge in [-0.2, -0.15) is 0 Å². The van der Waals surface area contributed by atoms with Crippen molar-refractivity contribution in [3.05, 3.63) is 99.6 Å². The zero-order chi connectivity index (χ0) is 28.4. The van der Waals surface area contributed by atoms with Gasteiger partial charge in [0.25, 0.3) is 5.91 Å². The Hall–Kier alpha value is -4.40. The maximum Gasteiger partial charge on any atom is 0.311 e. The molecule has 9 heteroatoms. The first kappa shape index (κ1) is 29.2. The largest absolute Gasteiger partial charge is 0.490 e. The summed E-state index contributed by atoms with van der Waals surface area (Å²) in [5, 5.41) is 14.2. The highest BCUT2D eigenvalue weighted by molar-refractivity contribution is 5.88. The quantitative estimate of drug-likeness (QED) is 0.252. The molecule has 39 heavy (non-hydrogen) atoms. The predicted molar refractivity (Wildman–Crippen MR) is 149 cm³/mol. The minimum Gasteiger partial charge on any atom is -0.490 e. The SMILES string of the molecule is COc1cc(OCC(=O)N(Cc2ccc(C)cc2)[C@H](Cc2ccccc2)C(=O)NCC(C)C)ccc1[N+](=O)[O-]. The number of carbonyl (C=O) groups excluding carboxylic acids is 2. The van der Waals surface area contributed by atoms with Crippen molar-refractivity contribution in [1.29, 1.82) is 0 Å². The van der Waals surface area contributed by atoms with Crippen LogP contribution in [-0.2, 0) is 22.6 Å². The van der Waals surface area contributed by atoms with E-state index in [1.54, 1.807) is 0 Å². The molecule has 1 atom stereocenters. The molecule has 0 heterocycles. The molecule has 0 saturated heterocycles. The molecule has 1 N–H and O–H groups in total. The minimum atomic E-state index is -0.782. The monoisotopic (exact) mass is 533 g/mol. The van der Waals surface area contributed by atoms with Gasteiger partial charge < -0.3 is 19.7 Å². The molecule has 9 nitrogen and oxygen atoms in total. The van der Waals surface area contributed by atoms with Gasteiger partial charge in [-0.3, -0.25) is 19.7 Å². The first-order chi connectivity index (χ1) is 18.7. The summed E-state index contributed by atoms with van der Waals surface area (Å²) >= 11 is 0. The van der Waals surface area contributed by atoms with Crippen LogP contribution in [0, 0.1) is 23.0 Å². The number of nitrogens with zero attached hydrogens (tertiary/aromatic N) is 2. The summed E-state index contributed by atoms with van der Waals surface area (Å²) in [5.74, 6) is -0.131. The lowest BCUT2D eigenvalue weighted by Crippen LogP contribution is -2.52. The third kappa shape index (κ3) is 8.56. The fourth-order valence-corrected chi connectivity index (χ4v) is 3.99. The first-order valence-corrected chi connectivity index (χ1v) is 12.8. The number of rotatable bonds is 13. The Morgan fingerprint density at radius 3 is 2.31 bits per heavy atom. The van der Waals surface area contributed by atoms with Crippen LogP contribution >= 0.6 is 0 Å². The van der Waals surface area contributed by atoms with Crippen LogP contribution in [0.4, 0.5) is 5.69 Å². The van der Waals surface area contributed by atoms with Crippen LogP contribution in [0.15, 0.2) is 72.8 Å². The summed E-state index contributed by atoms with van der Waals surface area (Å²) < 4.78 is 10.8. The number of nitro groups is 1.